The molecule has 3 aromatic rings. The van der Waals surface area contributed by atoms with Crippen LogP contribution in [0, 0.1) is 10.1 Å². The average Bonchev–Trinajstić information content (AvgIpc) is 2.60. The molecular formula is C19H16N2O3. The molecule has 1 amide bonds. The van der Waals surface area contributed by atoms with Gasteiger partial charge in [0.2, 0.25) is 5.91 Å². The quantitative estimate of drug-likeness (QED) is 0.562. The Morgan fingerprint density at radius 3 is 2.58 bits per heavy atom. The molecule has 0 spiro atoms. The zero-order valence-corrected chi connectivity index (χ0v) is 12.9. The second kappa shape index (κ2) is 6.91. The Kier molecular flexibility index (Phi) is 4.52. The normalized spacial score (nSPS) is 10.5. The highest BCUT2D eigenvalue weighted by atomic mass is 16.6. The highest BCUT2D eigenvalue weighted by Crippen LogP contribution is 2.21. The number of aryl methyl sites for hydroxylation is 1. The molecule has 1 N–H and O–H groups in total. The number of hydrogen-bond acceptors (Lipinski definition) is 3. The molecule has 3 rings (SSSR count). The molecule has 0 saturated carbocycles. The van der Waals surface area contributed by atoms with Crippen LogP contribution in [0.15, 0.2) is 66.7 Å². The molecule has 0 aliphatic rings. The van der Waals surface area contributed by atoms with Gasteiger partial charge in [-0.25, -0.2) is 0 Å². The van der Waals surface area contributed by atoms with Crippen LogP contribution < -0.4 is 5.32 Å². The van der Waals surface area contributed by atoms with Crippen LogP contribution in [-0.4, -0.2) is 10.8 Å². The number of nitrogens with zero attached hydrogens (tertiary/aromatic N) is 1. The van der Waals surface area contributed by atoms with Gasteiger partial charge in [0.15, 0.2) is 0 Å². The van der Waals surface area contributed by atoms with Crippen molar-refractivity contribution in [3.8, 4) is 0 Å². The summed E-state index contributed by atoms with van der Waals surface area (Å²) in [4.78, 5) is 22.4. The van der Waals surface area contributed by atoms with Crippen molar-refractivity contribution in [1.82, 2.24) is 0 Å². The van der Waals surface area contributed by atoms with Gasteiger partial charge in [0, 0.05) is 24.2 Å². The first-order valence-electron chi connectivity index (χ1n) is 7.64. The highest BCUT2D eigenvalue weighted by molar-refractivity contribution is 5.92. The number of nitrogens with one attached hydrogen (secondary N) is 1. The summed E-state index contributed by atoms with van der Waals surface area (Å²) in [6.45, 7) is 0. The molecule has 0 heterocycles. The monoisotopic (exact) mass is 320 g/mol. The molecule has 0 radical (unpaired) electrons. The van der Waals surface area contributed by atoms with E-state index in [0.29, 0.717) is 18.5 Å². The Balaban J connectivity index is 1.67. The van der Waals surface area contributed by atoms with Gasteiger partial charge in [-0.1, -0.05) is 48.5 Å². The van der Waals surface area contributed by atoms with Gasteiger partial charge >= 0.3 is 0 Å². The molecule has 0 unspecified atom stereocenters. The van der Waals surface area contributed by atoms with Gasteiger partial charge in [-0.05, 0) is 28.8 Å². The molecule has 0 aromatic heterocycles. The number of amides is 1. The number of anilines is 1. The smallest absolute Gasteiger partial charge is 0.271 e. The summed E-state index contributed by atoms with van der Waals surface area (Å²) in [6.07, 6.45) is 0.929. The molecule has 24 heavy (non-hydrogen) atoms. The summed E-state index contributed by atoms with van der Waals surface area (Å²) in [5, 5.41) is 15.8. The lowest BCUT2D eigenvalue weighted by Gasteiger charge is -2.07. The number of carbonyl (C=O) groups is 1. The molecule has 0 atom stereocenters. The average molecular weight is 320 g/mol. The van der Waals surface area contributed by atoms with Crippen molar-refractivity contribution in [3.63, 3.8) is 0 Å². The SMILES string of the molecule is O=C(CCc1cccc2ccccc12)Nc1cccc([N+](=O)[O-])c1. The van der Waals surface area contributed by atoms with Crippen molar-refractivity contribution in [3.05, 3.63) is 82.4 Å². The Bertz CT molecular complexity index is 901. The summed E-state index contributed by atoms with van der Waals surface area (Å²) in [5.74, 6) is -0.163. The number of hydrogen-bond donors (Lipinski definition) is 1. The van der Waals surface area contributed by atoms with Gasteiger partial charge in [0.05, 0.1) is 4.92 Å². The maximum atomic E-state index is 12.1. The van der Waals surface area contributed by atoms with Gasteiger partial charge in [-0.2, -0.15) is 0 Å². The standard InChI is InChI=1S/C19H16N2O3/c22-19(20-16-8-4-9-17(13-16)21(23)24)12-11-15-7-3-6-14-5-1-2-10-18(14)15/h1-10,13H,11-12H2,(H,20,22). The number of non-ortho nitro benzene ring substituents is 1. The van der Waals surface area contributed by atoms with E-state index in [1.165, 1.54) is 12.1 Å². The number of nitro groups is 1. The number of carbonyl (C=O) groups excluding carboxylic acids is 1. The Morgan fingerprint density at radius 1 is 1.00 bits per heavy atom. The fourth-order valence-electron chi connectivity index (χ4n) is 2.68. The van der Waals surface area contributed by atoms with E-state index in [-0.39, 0.29) is 11.6 Å². The third-order valence-electron chi connectivity index (χ3n) is 3.84. The van der Waals surface area contributed by atoms with E-state index in [4.69, 9.17) is 0 Å². The fourth-order valence-corrected chi connectivity index (χ4v) is 2.68. The van der Waals surface area contributed by atoms with Crippen LogP contribution in [0.2, 0.25) is 0 Å². The second-order valence-electron chi connectivity index (χ2n) is 5.49. The molecule has 0 aliphatic heterocycles. The van der Waals surface area contributed by atoms with Gasteiger partial charge in [-0.3, -0.25) is 14.9 Å². The summed E-state index contributed by atoms with van der Waals surface area (Å²) in [5.41, 5.74) is 1.51. The van der Waals surface area contributed by atoms with Crippen molar-refractivity contribution < 1.29 is 9.72 Å². The molecule has 0 fully saturated rings. The fraction of sp³-hybridized carbons (Fsp3) is 0.105. The molecule has 3 aromatic carbocycles. The zero-order valence-electron chi connectivity index (χ0n) is 12.9. The third kappa shape index (κ3) is 3.57. The predicted octanol–water partition coefficient (Wildman–Crippen LogP) is 4.32. The Morgan fingerprint density at radius 2 is 1.75 bits per heavy atom. The Labute approximate surface area is 139 Å². The van der Waals surface area contributed by atoms with Crippen molar-refractivity contribution in [2.75, 3.05) is 5.32 Å². The topological polar surface area (TPSA) is 72.2 Å². The van der Waals surface area contributed by atoms with Crippen LogP contribution in [0.1, 0.15) is 12.0 Å². The van der Waals surface area contributed by atoms with Gasteiger partial charge in [-0.15, -0.1) is 0 Å². The van der Waals surface area contributed by atoms with E-state index < -0.39 is 4.92 Å². The summed E-state index contributed by atoms with van der Waals surface area (Å²) in [6, 6.07) is 20.0. The van der Waals surface area contributed by atoms with Crippen LogP contribution >= 0.6 is 0 Å². The van der Waals surface area contributed by atoms with Gasteiger partial charge in [0.25, 0.3) is 5.69 Å². The summed E-state index contributed by atoms with van der Waals surface area (Å²) < 4.78 is 0. The third-order valence-corrected chi connectivity index (χ3v) is 3.84. The van der Waals surface area contributed by atoms with Crippen molar-refractivity contribution in [2.45, 2.75) is 12.8 Å². The minimum Gasteiger partial charge on any atom is -0.326 e. The number of rotatable bonds is 5. The molecule has 0 saturated heterocycles. The number of fused-ring (bicyclic) bond motifs is 1. The lowest BCUT2D eigenvalue weighted by molar-refractivity contribution is -0.384. The number of benzene rings is 3. The second-order valence-corrected chi connectivity index (χ2v) is 5.49. The lowest BCUT2D eigenvalue weighted by Crippen LogP contribution is -2.12. The van der Waals surface area contributed by atoms with E-state index in [9.17, 15) is 14.9 Å². The Hall–Kier alpha value is -3.21. The first-order valence-corrected chi connectivity index (χ1v) is 7.64. The van der Waals surface area contributed by atoms with E-state index >= 15 is 0 Å². The van der Waals surface area contributed by atoms with Crippen molar-refractivity contribution >= 4 is 28.1 Å². The highest BCUT2D eigenvalue weighted by Gasteiger charge is 2.09. The molecule has 0 bridgehead atoms. The predicted molar refractivity (Wildman–Crippen MR) is 94.0 cm³/mol. The van der Waals surface area contributed by atoms with Crippen molar-refractivity contribution in [1.29, 1.82) is 0 Å². The molecular weight excluding hydrogens is 304 g/mol. The van der Waals surface area contributed by atoms with Gasteiger partial charge < -0.3 is 5.32 Å². The molecule has 5 heteroatoms. The molecule has 0 aliphatic carbocycles. The first kappa shape index (κ1) is 15.7. The van der Waals surface area contributed by atoms with E-state index in [1.54, 1.807) is 12.1 Å². The van der Waals surface area contributed by atoms with E-state index in [1.807, 2.05) is 42.5 Å². The molecule has 5 nitrogen and oxygen atoms in total. The number of nitro benzene ring substituents is 1. The van der Waals surface area contributed by atoms with E-state index in [2.05, 4.69) is 5.32 Å². The zero-order chi connectivity index (χ0) is 16.9. The lowest BCUT2D eigenvalue weighted by atomic mass is 10.0. The van der Waals surface area contributed by atoms with Crippen LogP contribution in [0.25, 0.3) is 10.8 Å². The first-order chi connectivity index (χ1) is 11.6. The summed E-state index contributed by atoms with van der Waals surface area (Å²) in [7, 11) is 0. The maximum absolute atomic E-state index is 12.1. The van der Waals surface area contributed by atoms with Crippen molar-refractivity contribution in [2.24, 2.45) is 0 Å². The minimum absolute atomic E-state index is 0.0400. The minimum atomic E-state index is -0.480. The molecule has 120 valence electrons. The largest absolute Gasteiger partial charge is 0.326 e. The van der Waals surface area contributed by atoms with Crippen LogP contribution in [0.4, 0.5) is 11.4 Å². The van der Waals surface area contributed by atoms with Crippen LogP contribution in [-0.2, 0) is 11.2 Å². The van der Waals surface area contributed by atoms with Crippen LogP contribution in [0.5, 0.6) is 0 Å². The summed E-state index contributed by atoms with van der Waals surface area (Å²) >= 11 is 0. The van der Waals surface area contributed by atoms with Crippen LogP contribution in [0.3, 0.4) is 0 Å². The maximum Gasteiger partial charge on any atom is 0.271 e. The van der Waals surface area contributed by atoms with E-state index in [0.717, 1.165) is 16.3 Å². The van der Waals surface area contributed by atoms with Gasteiger partial charge in [0.1, 0.15) is 0 Å².